The molecule has 0 radical (unpaired) electrons. The Labute approximate surface area is 116 Å². The molecule has 1 aromatic rings. The average molecular weight is 265 g/mol. The standard InChI is InChI=1S/C15H27N3O/c1-3-14(4-2)18-10-9-13(17-18)11-19-15-7-5-12(16)6-8-15/h9-10,12,14-15H,3-8,11,16H2,1-2H3. The van der Waals surface area contributed by atoms with Crippen molar-refractivity contribution in [1.29, 1.82) is 0 Å². The van der Waals surface area contributed by atoms with Crippen molar-refractivity contribution in [3.8, 4) is 0 Å². The molecular formula is C15H27N3O. The number of nitrogens with zero attached hydrogens (tertiary/aromatic N) is 2. The van der Waals surface area contributed by atoms with Crippen LogP contribution in [0.1, 0.15) is 64.1 Å². The van der Waals surface area contributed by atoms with Crippen LogP contribution in [0.25, 0.3) is 0 Å². The van der Waals surface area contributed by atoms with Gasteiger partial charge in [-0.25, -0.2) is 0 Å². The minimum Gasteiger partial charge on any atom is -0.372 e. The first kappa shape index (κ1) is 14.5. The summed E-state index contributed by atoms with van der Waals surface area (Å²) in [7, 11) is 0. The van der Waals surface area contributed by atoms with E-state index in [9.17, 15) is 0 Å². The normalized spacial score (nSPS) is 24.0. The molecule has 1 saturated carbocycles. The zero-order chi connectivity index (χ0) is 13.7. The first-order valence-electron chi connectivity index (χ1n) is 7.64. The molecule has 0 spiro atoms. The Balaban J connectivity index is 1.80. The Morgan fingerprint density at radius 1 is 1.32 bits per heavy atom. The summed E-state index contributed by atoms with van der Waals surface area (Å²) in [6.45, 7) is 5.04. The average Bonchev–Trinajstić information content (AvgIpc) is 2.88. The summed E-state index contributed by atoms with van der Waals surface area (Å²) in [5.41, 5.74) is 6.94. The molecule has 0 aliphatic heterocycles. The second kappa shape index (κ2) is 7.06. The SMILES string of the molecule is CCC(CC)n1ccc(COC2CCC(N)CC2)n1. The Hall–Kier alpha value is -0.870. The molecule has 0 atom stereocenters. The summed E-state index contributed by atoms with van der Waals surface area (Å²) < 4.78 is 8.03. The second-order valence-electron chi connectivity index (χ2n) is 5.61. The topological polar surface area (TPSA) is 53.1 Å². The van der Waals surface area contributed by atoms with Crippen LogP contribution in [0.3, 0.4) is 0 Å². The molecule has 4 nitrogen and oxygen atoms in total. The van der Waals surface area contributed by atoms with Crippen molar-refractivity contribution in [1.82, 2.24) is 9.78 Å². The lowest BCUT2D eigenvalue weighted by atomic mass is 9.94. The molecule has 19 heavy (non-hydrogen) atoms. The summed E-state index contributed by atoms with van der Waals surface area (Å²) in [4.78, 5) is 0. The molecule has 1 aliphatic carbocycles. The van der Waals surface area contributed by atoms with Crippen LogP contribution in [-0.2, 0) is 11.3 Å². The van der Waals surface area contributed by atoms with E-state index < -0.39 is 0 Å². The highest BCUT2D eigenvalue weighted by molar-refractivity contribution is 4.98. The number of aromatic nitrogens is 2. The Morgan fingerprint density at radius 2 is 2.00 bits per heavy atom. The van der Waals surface area contributed by atoms with Crippen molar-refractivity contribution in [3.63, 3.8) is 0 Å². The van der Waals surface area contributed by atoms with Gasteiger partial charge in [0.1, 0.15) is 0 Å². The van der Waals surface area contributed by atoms with Crippen LogP contribution in [-0.4, -0.2) is 21.9 Å². The minimum atomic E-state index is 0.373. The highest BCUT2D eigenvalue weighted by Gasteiger charge is 2.19. The Bertz CT molecular complexity index is 365. The first-order valence-corrected chi connectivity index (χ1v) is 7.64. The number of ether oxygens (including phenoxy) is 1. The van der Waals surface area contributed by atoms with Crippen LogP contribution in [0, 0.1) is 0 Å². The number of hydrogen-bond donors (Lipinski definition) is 1. The van der Waals surface area contributed by atoms with E-state index in [-0.39, 0.29) is 0 Å². The quantitative estimate of drug-likeness (QED) is 0.860. The summed E-state index contributed by atoms with van der Waals surface area (Å²) in [5.74, 6) is 0. The zero-order valence-corrected chi connectivity index (χ0v) is 12.2. The molecule has 108 valence electrons. The van der Waals surface area contributed by atoms with Crippen molar-refractivity contribution < 1.29 is 4.74 Å². The van der Waals surface area contributed by atoms with Gasteiger partial charge in [0.25, 0.3) is 0 Å². The molecule has 0 saturated heterocycles. The van der Waals surface area contributed by atoms with Gasteiger partial charge < -0.3 is 10.5 Å². The van der Waals surface area contributed by atoms with E-state index in [1.54, 1.807) is 0 Å². The molecule has 4 heteroatoms. The Kier molecular flexibility index (Phi) is 5.40. The van der Waals surface area contributed by atoms with E-state index in [1.807, 2.05) is 0 Å². The van der Waals surface area contributed by atoms with Crippen LogP contribution >= 0.6 is 0 Å². The molecule has 0 bridgehead atoms. The molecule has 0 amide bonds. The molecule has 0 aromatic carbocycles. The lowest BCUT2D eigenvalue weighted by Crippen LogP contribution is -2.30. The molecule has 1 fully saturated rings. The smallest absolute Gasteiger partial charge is 0.0910 e. The number of rotatable bonds is 6. The van der Waals surface area contributed by atoms with Crippen LogP contribution in [0.2, 0.25) is 0 Å². The van der Waals surface area contributed by atoms with Crippen LogP contribution in [0.4, 0.5) is 0 Å². The molecule has 2 N–H and O–H groups in total. The van der Waals surface area contributed by atoms with Crippen molar-refractivity contribution in [2.75, 3.05) is 0 Å². The van der Waals surface area contributed by atoms with Crippen molar-refractivity contribution >= 4 is 0 Å². The second-order valence-corrected chi connectivity index (χ2v) is 5.61. The maximum absolute atomic E-state index is 5.95. The van der Waals surface area contributed by atoms with Gasteiger partial charge in [-0.15, -0.1) is 0 Å². The number of nitrogens with two attached hydrogens (primary N) is 1. The van der Waals surface area contributed by atoms with Crippen molar-refractivity contribution in [2.24, 2.45) is 5.73 Å². The summed E-state index contributed by atoms with van der Waals surface area (Å²) >= 11 is 0. The van der Waals surface area contributed by atoms with Gasteiger partial charge in [-0.3, -0.25) is 4.68 Å². The summed E-state index contributed by atoms with van der Waals surface area (Å²) in [6, 6.07) is 2.97. The fourth-order valence-corrected chi connectivity index (χ4v) is 2.78. The van der Waals surface area contributed by atoms with E-state index in [0.29, 0.717) is 24.8 Å². The van der Waals surface area contributed by atoms with Crippen molar-refractivity contribution in [2.45, 2.75) is 77.2 Å². The monoisotopic (exact) mass is 265 g/mol. The van der Waals surface area contributed by atoms with Gasteiger partial charge in [0.15, 0.2) is 0 Å². The zero-order valence-electron chi connectivity index (χ0n) is 12.2. The van der Waals surface area contributed by atoms with Crippen LogP contribution in [0.15, 0.2) is 12.3 Å². The molecule has 2 rings (SSSR count). The number of hydrogen-bond acceptors (Lipinski definition) is 3. The van der Waals surface area contributed by atoms with E-state index in [4.69, 9.17) is 10.5 Å². The highest BCUT2D eigenvalue weighted by atomic mass is 16.5. The van der Waals surface area contributed by atoms with E-state index in [1.165, 1.54) is 0 Å². The van der Waals surface area contributed by atoms with Crippen molar-refractivity contribution in [3.05, 3.63) is 18.0 Å². The molecule has 1 aliphatic rings. The summed E-state index contributed by atoms with van der Waals surface area (Å²) in [6.07, 6.45) is 9.06. The summed E-state index contributed by atoms with van der Waals surface area (Å²) in [5, 5.41) is 4.62. The maximum atomic E-state index is 5.95. The Morgan fingerprint density at radius 3 is 2.63 bits per heavy atom. The van der Waals surface area contributed by atoms with Gasteiger partial charge in [0.2, 0.25) is 0 Å². The highest BCUT2D eigenvalue weighted by Crippen LogP contribution is 2.21. The largest absolute Gasteiger partial charge is 0.372 e. The van der Waals surface area contributed by atoms with E-state index in [2.05, 4.69) is 35.9 Å². The van der Waals surface area contributed by atoms with Gasteiger partial charge in [-0.1, -0.05) is 13.8 Å². The maximum Gasteiger partial charge on any atom is 0.0910 e. The van der Waals surface area contributed by atoms with Gasteiger partial charge in [0.05, 0.1) is 24.4 Å². The third-order valence-electron chi connectivity index (χ3n) is 4.17. The van der Waals surface area contributed by atoms with Gasteiger partial charge in [0, 0.05) is 12.2 Å². The third kappa shape index (κ3) is 4.05. The lowest BCUT2D eigenvalue weighted by molar-refractivity contribution is 0.0119. The lowest BCUT2D eigenvalue weighted by Gasteiger charge is -2.25. The minimum absolute atomic E-state index is 0.373. The van der Waals surface area contributed by atoms with Gasteiger partial charge in [-0.05, 0) is 44.6 Å². The fourth-order valence-electron chi connectivity index (χ4n) is 2.78. The van der Waals surface area contributed by atoms with Crippen LogP contribution in [0.5, 0.6) is 0 Å². The predicted octanol–water partition coefficient (Wildman–Crippen LogP) is 3.03. The van der Waals surface area contributed by atoms with E-state index in [0.717, 1.165) is 44.2 Å². The fraction of sp³-hybridized carbons (Fsp3) is 0.800. The van der Waals surface area contributed by atoms with E-state index >= 15 is 0 Å². The first-order chi connectivity index (χ1) is 9.22. The molecule has 1 heterocycles. The van der Waals surface area contributed by atoms with Crippen LogP contribution < -0.4 is 5.73 Å². The van der Waals surface area contributed by atoms with Gasteiger partial charge >= 0.3 is 0 Å². The molecule has 0 unspecified atom stereocenters. The molecule has 1 aromatic heterocycles. The molecular weight excluding hydrogens is 238 g/mol. The predicted molar refractivity (Wildman–Crippen MR) is 76.9 cm³/mol. The third-order valence-corrected chi connectivity index (χ3v) is 4.17. The van der Waals surface area contributed by atoms with Gasteiger partial charge in [-0.2, -0.15) is 5.10 Å².